The molecule has 0 bridgehead atoms. The molecule has 0 fully saturated rings. The summed E-state index contributed by atoms with van der Waals surface area (Å²) in [4.78, 5) is 0. The number of allylic oxidation sites excluding steroid dienone is 4. The average Bonchev–Trinajstić information content (AvgIpc) is 2.54. The van der Waals surface area contributed by atoms with Gasteiger partial charge in [-0.25, -0.2) is 4.57 Å². The maximum atomic E-state index is 3.85. The Kier molecular flexibility index (Phi) is 5.28. The zero-order valence-electron chi connectivity index (χ0n) is 12.6. The van der Waals surface area contributed by atoms with E-state index in [1.165, 1.54) is 11.1 Å². The first kappa shape index (κ1) is 15.0. The van der Waals surface area contributed by atoms with Gasteiger partial charge in [-0.2, -0.15) is 0 Å². The van der Waals surface area contributed by atoms with Crippen molar-refractivity contribution >= 4 is 5.57 Å². The van der Waals surface area contributed by atoms with Crippen LogP contribution in [-0.4, -0.2) is 0 Å². The average molecular weight is 276 g/mol. The van der Waals surface area contributed by atoms with Gasteiger partial charge in [-0.1, -0.05) is 62.6 Å². The van der Waals surface area contributed by atoms with Gasteiger partial charge >= 0.3 is 0 Å². The normalized spacial score (nSPS) is 11.2. The van der Waals surface area contributed by atoms with Crippen molar-refractivity contribution in [2.45, 2.75) is 19.9 Å². The first-order chi connectivity index (χ1) is 10.3. The van der Waals surface area contributed by atoms with Crippen LogP contribution in [0.25, 0.3) is 5.57 Å². The lowest BCUT2D eigenvalue weighted by Gasteiger charge is -2.05. The minimum Gasteiger partial charge on any atom is -0.201 e. The van der Waals surface area contributed by atoms with Crippen molar-refractivity contribution < 1.29 is 4.57 Å². The molecule has 0 saturated carbocycles. The molecule has 1 heteroatoms. The second kappa shape index (κ2) is 7.39. The molecule has 0 N–H and O–H groups in total. The van der Waals surface area contributed by atoms with Crippen LogP contribution in [0.5, 0.6) is 0 Å². The summed E-state index contributed by atoms with van der Waals surface area (Å²) in [7, 11) is 0. The Morgan fingerprint density at radius 1 is 1.05 bits per heavy atom. The number of aryl methyl sites for hydroxylation is 1. The van der Waals surface area contributed by atoms with Crippen molar-refractivity contribution in [3.63, 3.8) is 0 Å². The quantitative estimate of drug-likeness (QED) is 0.546. The number of hydrogen-bond acceptors (Lipinski definition) is 0. The standard InChI is InChI=1S/C20H22N/c1-4-9-17(5-2)19-12-14-21(15-13-19)16-20-11-8-7-10-18(20)6-3/h4-5,7-15H,1-2,6,16H2,3H3/q+1/b17-9+. The summed E-state index contributed by atoms with van der Waals surface area (Å²) >= 11 is 0. The minimum atomic E-state index is 0.902. The second-order valence-electron chi connectivity index (χ2n) is 4.94. The van der Waals surface area contributed by atoms with Crippen LogP contribution in [-0.2, 0) is 13.0 Å². The predicted molar refractivity (Wildman–Crippen MR) is 89.9 cm³/mol. The van der Waals surface area contributed by atoms with Gasteiger partial charge in [-0.3, -0.25) is 0 Å². The van der Waals surface area contributed by atoms with Crippen molar-refractivity contribution in [1.82, 2.24) is 0 Å². The molecule has 21 heavy (non-hydrogen) atoms. The van der Waals surface area contributed by atoms with E-state index in [1.54, 1.807) is 6.08 Å². The van der Waals surface area contributed by atoms with Gasteiger partial charge in [0, 0.05) is 17.7 Å². The summed E-state index contributed by atoms with van der Waals surface area (Å²) in [5.74, 6) is 0. The predicted octanol–water partition coefficient (Wildman–Crippen LogP) is 4.34. The molecule has 1 aromatic carbocycles. The molecule has 0 aliphatic rings. The highest BCUT2D eigenvalue weighted by Gasteiger charge is 2.07. The zero-order valence-corrected chi connectivity index (χ0v) is 12.6. The summed E-state index contributed by atoms with van der Waals surface area (Å²) in [6.07, 6.45) is 10.9. The fraction of sp³-hybridized carbons (Fsp3) is 0.150. The highest BCUT2D eigenvalue weighted by Crippen LogP contribution is 2.14. The number of pyridine rings is 1. The highest BCUT2D eigenvalue weighted by atomic mass is 14.9. The SMILES string of the molecule is C=C/C=C(\C=C)c1cc[n+](Cc2ccccc2CC)cc1. The molecule has 2 rings (SSSR count). The van der Waals surface area contributed by atoms with Crippen LogP contribution in [0.15, 0.2) is 80.2 Å². The summed E-state index contributed by atoms with van der Waals surface area (Å²) in [5, 5.41) is 0. The van der Waals surface area contributed by atoms with Gasteiger partial charge < -0.3 is 0 Å². The second-order valence-corrected chi connectivity index (χ2v) is 4.94. The third kappa shape index (κ3) is 3.79. The zero-order chi connectivity index (χ0) is 15.1. The minimum absolute atomic E-state index is 0.902. The molecule has 106 valence electrons. The molecule has 1 aromatic heterocycles. The Bertz CT molecular complexity index is 648. The lowest BCUT2D eigenvalue weighted by Crippen LogP contribution is -2.33. The first-order valence-corrected chi connectivity index (χ1v) is 7.30. The summed E-state index contributed by atoms with van der Waals surface area (Å²) < 4.78 is 2.20. The van der Waals surface area contributed by atoms with Gasteiger partial charge in [0.15, 0.2) is 18.9 Å². The van der Waals surface area contributed by atoms with E-state index in [4.69, 9.17) is 0 Å². The molecule has 2 aromatic rings. The van der Waals surface area contributed by atoms with Crippen molar-refractivity contribution in [1.29, 1.82) is 0 Å². The Hall–Kier alpha value is -2.41. The molecule has 0 saturated heterocycles. The van der Waals surface area contributed by atoms with Crippen molar-refractivity contribution in [3.8, 4) is 0 Å². The van der Waals surface area contributed by atoms with Crippen molar-refractivity contribution in [2.75, 3.05) is 0 Å². The van der Waals surface area contributed by atoms with Crippen molar-refractivity contribution in [3.05, 3.63) is 96.9 Å². The third-order valence-electron chi connectivity index (χ3n) is 3.59. The summed E-state index contributed by atoms with van der Waals surface area (Å²) in [6.45, 7) is 10.7. The Morgan fingerprint density at radius 3 is 2.29 bits per heavy atom. The van der Waals surface area contributed by atoms with Crippen LogP contribution >= 0.6 is 0 Å². The van der Waals surface area contributed by atoms with Crippen LogP contribution in [0.2, 0.25) is 0 Å². The van der Waals surface area contributed by atoms with E-state index in [0.717, 1.165) is 24.1 Å². The van der Waals surface area contributed by atoms with Crippen LogP contribution in [0.1, 0.15) is 23.6 Å². The molecule has 0 amide bonds. The smallest absolute Gasteiger partial charge is 0.174 e. The van der Waals surface area contributed by atoms with Crippen LogP contribution < -0.4 is 4.57 Å². The van der Waals surface area contributed by atoms with E-state index >= 15 is 0 Å². The van der Waals surface area contributed by atoms with Crippen LogP contribution in [0.3, 0.4) is 0 Å². The summed E-state index contributed by atoms with van der Waals surface area (Å²) in [5.41, 5.74) is 5.03. The van der Waals surface area contributed by atoms with E-state index in [1.807, 2.05) is 12.2 Å². The topological polar surface area (TPSA) is 3.88 Å². The lowest BCUT2D eigenvalue weighted by atomic mass is 10.0. The fourth-order valence-electron chi connectivity index (χ4n) is 2.42. The number of aromatic nitrogens is 1. The van der Waals surface area contributed by atoms with Crippen LogP contribution in [0.4, 0.5) is 0 Å². The monoisotopic (exact) mass is 276 g/mol. The third-order valence-corrected chi connectivity index (χ3v) is 3.59. The van der Waals surface area contributed by atoms with E-state index in [-0.39, 0.29) is 0 Å². The Morgan fingerprint density at radius 2 is 1.71 bits per heavy atom. The molecule has 1 heterocycles. The van der Waals surface area contributed by atoms with Gasteiger partial charge in [0.25, 0.3) is 0 Å². The van der Waals surface area contributed by atoms with E-state index in [2.05, 4.69) is 73.4 Å². The molecular formula is C20H22N+. The van der Waals surface area contributed by atoms with E-state index in [9.17, 15) is 0 Å². The molecular weight excluding hydrogens is 254 g/mol. The fourth-order valence-corrected chi connectivity index (χ4v) is 2.42. The van der Waals surface area contributed by atoms with Gasteiger partial charge in [0.2, 0.25) is 0 Å². The molecule has 0 spiro atoms. The summed E-state index contributed by atoms with van der Waals surface area (Å²) in [6, 6.07) is 12.8. The van der Waals surface area contributed by atoms with Crippen molar-refractivity contribution in [2.24, 2.45) is 0 Å². The van der Waals surface area contributed by atoms with E-state index in [0.29, 0.717) is 0 Å². The van der Waals surface area contributed by atoms with Crippen LogP contribution in [0, 0.1) is 0 Å². The Balaban J connectivity index is 2.21. The number of rotatable bonds is 6. The molecule has 0 aliphatic carbocycles. The molecule has 0 atom stereocenters. The lowest BCUT2D eigenvalue weighted by molar-refractivity contribution is -0.688. The molecule has 0 unspecified atom stereocenters. The van der Waals surface area contributed by atoms with E-state index < -0.39 is 0 Å². The molecule has 0 aliphatic heterocycles. The van der Waals surface area contributed by atoms with Gasteiger partial charge in [-0.15, -0.1) is 0 Å². The highest BCUT2D eigenvalue weighted by molar-refractivity contribution is 5.74. The number of hydrogen-bond donors (Lipinski definition) is 0. The van der Waals surface area contributed by atoms with Gasteiger partial charge in [-0.05, 0) is 23.1 Å². The number of nitrogens with zero attached hydrogens (tertiary/aromatic N) is 1. The maximum Gasteiger partial charge on any atom is 0.174 e. The van der Waals surface area contributed by atoms with Gasteiger partial charge in [0.05, 0.1) is 0 Å². The van der Waals surface area contributed by atoms with Gasteiger partial charge in [0.1, 0.15) is 0 Å². The number of benzene rings is 1. The molecule has 0 radical (unpaired) electrons. The maximum absolute atomic E-state index is 3.85. The Labute approximate surface area is 127 Å². The first-order valence-electron chi connectivity index (χ1n) is 7.30. The largest absolute Gasteiger partial charge is 0.201 e. The molecule has 1 nitrogen and oxygen atoms in total.